The molecule has 274 valence electrons. The van der Waals surface area contributed by atoms with Crippen molar-refractivity contribution < 1.29 is 23.7 Å². The SMILES string of the molecule is C#Cc1nn(C2CCCCO2)c2cnc(-c3c(C)nn(C)c3O[C@@H](C)CN(C)Cc3c(I)c(OCC)nn3CC3(OC4CCCCO4)CC3)cc12. The number of ether oxygens (including phenoxy) is 5. The van der Waals surface area contributed by atoms with Gasteiger partial charge in [-0.15, -0.1) is 11.5 Å². The van der Waals surface area contributed by atoms with Gasteiger partial charge >= 0.3 is 0 Å². The highest BCUT2D eigenvalue weighted by Crippen LogP contribution is 2.44. The molecule has 2 saturated heterocycles. The lowest BCUT2D eigenvalue weighted by Crippen LogP contribution is -2.34. The maximum Gasteiger partial charge on any atom is 0.246 e. The maximum atomic E-state index is 6.66. The van der Waals surface area contributed by atoms with Crippen LogP contribution in [-0.2, 0) is 34.3 Å². The van der Waals surface area contributed by atoms with E-state index in [1.54, 1.807) is 4.68 Å². The summed E-state index contributed by atoms with van der Waals surface area (Å²) in [6.07, 6.45) is 15.6. The Morgan fingerprint density at radius 1 is 1.14 bits per heavy atom. The molecule has 0 aromatic carbocycles. The zero-order valence-corrected chi connectivity index (χ0v) is 32.5. The molecule has 4 aromatic heterocycles. The van der Waals surface area contributed by atoms with Gasteiger partial charge in [0.1, 0.15) is 11.8 Å². The third-order valence-corrected chi connectivity index (χ3v) is 11.0. The summed E-state index contributed by atoms with van der Waals surface area (Å²) in [6, 6.07) is 2.00. The number of aromatic nitrogens is 7. The number of halogens is 1. The fraction of sp³-hybridized carbons (Fsp3) is 0.622. The monoisotopic (exact) mass is 812 g/mol. The molecule has 6 heterocycles. The molecule has 0 N–H and O–H groups in total. The average Bonchev–Trinajstić information content (AvgIpc) is 3.56. The smallest absolute Gasteiger partial charge is 0.246 e. The number of hydrogen-bond acceptors (Lipinski definition) is 10. The molecule has 51 heavy (non-hydrogen) atoms. The van der Waals surface area contributed by atoms with Crippen molar-refractivity contribution in [3.8, 4) is 35.4 Å². The topological polar surface area (TPSA) is 116 Å². The molecule has 1 aliphatic carbocycles. The van der Waals surface area contributed by atoms with Crippen LogP contribution in [0.2, 0.25) is 0 Å². The van der Waals surface area contributed by atoms with E-state index >= 15 is 0 Å². The molecular formula is C37H49IN8O5. The molecule has 13 nitrogen and oxygen atoms in total. The number of fused-ring (bicyclic) bond motifs is 1. The van der Waals surface area contributed by atoms with Crippen molar-refractivity contribution >= 4 is 33.5 Å². The summed E-state index contributed by atoms with van der Waals surface area (Å²) in [5, 5.41) is 15.2. The van der Waals surface area contributed by atoms with E-state index in [0.717, 1.165) is 102 Å². The van der Waals surface area contributed by atoms with E-state index in [0.29, 0.717) is 43.7 Å². The fourth-order valence-electron chi connectivity index (χ4n) is 7.24. The molecule has 2 unspecified atom stereocenters. The lowest BCUT2D eigenvalue weighted by molar-refractivity contribution is -0.200. The van der Waals surface area contributed by atoms with Gasteiger partial charge in [-0.2, -0.15) is 10.2 Å². The summed E-state index contributed by atoms with van der Waals surface area (Å²) in [6.45, 7) is 10.1. The molecule has 14 heteroatoms. The van der Waals surface area contributed by atoms with E-state index in [4.69, 9.17) is 50.4 Å². The zero-order chi connectivity index (χ0) is 35.7. The number of rotatable bonds is 14. The number of aryl methyl sites for hydroxylation is 2. The van der Waals surface area contributed by atoms with Crippen molar-refractivity contribution in [2.45, 2.75) is 109 Å². The van der Waals surface area contributed by atoms with Crippen LogP contribution in [0.25, 0.3) is 22.2 Å². The normalized spacial score (nSPS) is 20.8. The molecule has 0 spiro atoms. The number of pyridine rings is 1. The molecule has 0 bridgehead atoms. The first-order valence-corrected chi connectivity index (χ1v) is 19.3. The Kier molecular flexibility index (Phi) is 10.9. The molecule has 7 rings (SSSR count). The summed E-state index contributed by atoms with van der Waals surface area (Å²) >= 11 is 2.37. The van der Waals surface area contributed by atoms with Gasteiger partial charge in [-0.1, -0.05) is 0 Å². The Morgan fingerprint density at radius 2 is 1.92 bits per heavy atom. The minimum atomic E-state index is -0.238. The Hall–Kier alpha value is -3.23. The third-order valence-electron chi connectivity index (χ3n) is 9.90. The Bertz CT molecular complexity index is 1880. The molecule has 4 aromatic rings. The van der Waals surface area contributed by atoms with Gasteiger partial charge in [-0.3, -0.25) is 14.6 Å². The molecule has 3 fully saturated rings. The van der Waals surface area contributed by atoms with Crippen molar-refractivity contribution in [1.29, 1.82) is 0 Å². The molecule has 1 saturated carbocycles. The quantitative estimate of drug-likeness (QED) is 0.111. The first kappa shape index (κ1) is 36.1. The standard InChI is InChI=1S/C37H49IN8O5/c1-7-27-26-19-28(39-20-29(26)46(41-27)31-13-9-11-17-48-31)33-25(4)40-44(6)36(33)50-24(3)21-43(5)22-30-34(38)35(47-8-2)42-45(30)23-37(15-16-37)51-32-14-10-12-18-49-32/h1,19-20,24,31-32H,8-18,21-23H2,2-6H3/t24-,31?,32?/m0/s1. The van der Waals surface area contributed by atoms with E-state index in [1.807, 2.05) is 37.8 Å². The molecule has 0 radical (unpaired) electrons. The van der Waals surface area contributed by atoms with Crippen LogP contribution < -0.4 is 9.47 Å². The van der Waals surface area contributed by atoms with E-state index in [-0.39, 0.29) is 24.2 Å². The van der Waals surface area contributed by atoms with Crippen LogP contribution in [0.3, 0.4) is 0 Å². The lowest BCUT2D eigenvalue weighted by Gasteiger charge is -2.28. The third kappa shape index (κ3) is 7.78. The summed E-state index contributed by atoms with van der Waals surface area (Å²) in [5.74, 6) is 4.09. The van der Waals surface area contributed by atoms with Gasteiger partial charge in [0.25, 0.3) is 0 Å². The average molecular weight is 813 g/mol. The van der Waals surface area contributed by atoms with Crippen LogP contribution in [0, 0.1) is 22.8 Å². The highest BCUT2D eigenvalue weighted by Gasteiger charge is 2.47. The van der Waals surface area contributed by atoms with Crippen LogP contribution in [0.15, 0.2) is 12.3 Å². The molecule has 3 aliphatic rings. The van der Waals surface area contributed by atoms with Crippen molar-refractivity contribution in [3.05, 3.63) is 32.9 Å². The van der Waals surface area contributed by atoms with Gasteiger partial charge in [0, 0.05) is 38.7 Å². The Morgan fingerprint density at radius 3 is 2.61 bits per heavy atom. The second-order valence-corrected chi connectivity index (χ2v) is 15.2. The predicted octanol–water partition coefficient (Wildman–Crippen LogP) is 6.00. The van der Waals surface area contributed by atoms with E-state index in [2.05, 4.69) is 52.1 Å². The summed E-state index contributed by atoms with van der Waals surface area (Å²) in [4.78, 5) is 7.14. The Labute approximate surface area is 313 Å². The number of terminal acetylenes is 1. The van der Waals surface area contributed by atoms with Crippen LogP contribution in [0.1, 0.15) is 88.5 Å². The highest BCUT2D eigenvalue weighted by molar-refractivity contribution is 14.1. The van der Waals surface area contributed by atoms with Crippen LogP contribution in [-0.4, -0.2) is 90.6 Å². The fourth-order valence-corrected chi connectivity index (χ4v) is 7.95. The van der Waals surface area contributed by atoms with Gasteiger partial charge in [-0.05, 0) is 114 Å². The highest BCUT2D eigenvalue weighted by atomic mass is 127. The van der Waals surface area contributed by atoms with Gasteiger partial charge in [0.2, 0.25) is 11.8 Å². The minimum absolute atomic E-state index is 0.128. The van der Waals surface area contributed by atoms with E-state index in [9.17, 15) is 0 Å². The second-order valence-electron chi connectivity index (χ2n) is 14.1. The molecule has 2 aliphatic heterocycles. The number of nitrogens with zero attached hydrogens (tertiary/aromatic N) is 8. The van der Waals surface area contributed by atoms with Crippen LogP contribution >= 0.6 is 22.6 Å². The van der Waals surface area contributed by atoms with Crippen molar-refractivity contribution in [1.82, 2.24) is 39.2 Å². The molecule has 3 atom stereocenters. The second kappa shape index (κ2) is 15.4. The van der Waals surface area contributed by atoms with Gasteiger partial charge in [0.15, 0.2) is 12.5 Å². The Balaban J connectivity index is 1.07. The minimum Gasteiger partial charge on any atom is -0.476 e. The van der Waals surface area contributed by atoms with Crippen LogP contribution in [0.4, 0.5) is 0 Å². The zero-order valence-electron chi connectivity index (χ0n) is 30.4. The lowest BCUT2D eigenvalue weighted by atomic mass is 10.1. The molecule has 0 amide bonds. The molecular weight excluding hydrogens is 763 g/mol. The number of likely N-dealkylation sites (N-methyl/N-ethyl adjacent to an activating group) is 1. The van der Waals surface area contributed by atoms with E-state index < -0.39 is 0 Å². The summed E-state index contributed by atoms with van der Waals surface area (Å²) in [7, 11) is 4.00. The van der Waals surface area contributed by atoms with E-state index in [1.165, 1.54) is 0 Å². The number of hydrogen-bond donors (Lipinski definition) is 0. The van der Waals surface area contributed by atoms with Crippen molar-refractivity contribution in [2.24, 2.45) is 7.05 Å². The van der Waals surface area contributed by atoms with Crippen molar-refractivity contribution in [3.63, 3.8) is 0 Å². The summed E-state index contributed by atoms with van der Waals surface area (Å²) < 4.78 is 37.9. The first-order valence-electron chi connectivity index (χ1n) is 18.2. The largest absolute Gasteiger partial charge is 0.476 e. The van der Waals surface area contributed by atoms with Gasteiger partial charge in [-0.25, -0.2) is 9.36 Å². The summed E-state index contributed by atoms with van der Waals surface area (Å²) in [5.41, 5.74) is 4.70. The van der Waals surface area contributed by atoms with Crippen LogP contribution in [0.5, 0.6) is 11.8 Å². The maximum absolute atomic E-state index is 6.66. The van der Waals surface area contributed by atoms with Gasteiger partial charge in [0.05, 0.1) is 56.7 Å². The van der Waals surface area contributed by atoms with Gasteiger partial charge < -0.3 is 23.7 Å². The first-order chi connectivity index (χ1) is 24.7. The van der Waals surface area contributed by atoms with Crippen molar-refractivity contribution in [2.75, 3.05) is 33.4 Å². The predicted molar refractivity (Wildman–Crippen MR) is 200 cm³/mol.